The number of amides is 1. The molecule has 5 heteroatoms. The smallest absolute Gasteiger partial charge is 0.222 e. The van der Waals surface area contributed by atoms with Crippen molar-refractivity contribution in [3.05, 3.63) is 30.1 Å². The summed E-state index contributed by atoms with van der Waals surface area (Å²) in [5.41, 5.74) is 1.11. The summed E-state index contributed by atoms with van der Waals surface area (Å²) in [6.07, 6.45) is 6.21. The van der Waals surface area contributed by atoms with E-state index in [1.807, 2.05) is 23.2 Å². The van der Waals surface area contributed by atoms with Crippen molar-refractivity contribution < 1.29 is 4.79 Å². The van der Waals surface area contributed by atoms with E-state index >= 15 is 0 Å². The third-order valence-corrected chi connectivity index (χ3v) is 4.90. The summed E-state index contributed by atoms with van der Waals surface area (Å²) in [7, 11) is 0. The third kappa shape index (κ3) is 5.01. The normalized spacial score (nSPS) is 20.1. The Morgan fingerprint density at radius 2 is 1.78 bits per heavy atom. The van der Waals surface area contributed by atoms with E-state index in [9.17, 15) is 4.79 Å². The molecule has 0 aromatic carbocycles. The Hall–Kier alpha value is -1.46. The monoisotopic (exact) mass is 316 g/mol. The molecule has 126 valence electrons. The fourth-order valence-electron chi connectivity index (χ4n) is 3.49. The summed E-state index contributed by atoms with van der Waals surface area (Å²) in [5, 5.41) is 0. The van der Waals surface area contributed by atoms with Crippen LogP contribution in [0.1, 0.15) is 31.4 Å². The zero-order valence-corrected chi connectivity index (χ0v) is 14.0. The van der Waals surface area contributed by atoms with Crippen LogP contribution in [0.4, 0.5) is 0 Å². The van der Waals surface area contributed by atoms with Crippen LogP contribution in [0.2, 0.25) is 0 Å². The molecule has 1 aromatic heterocycles. The number of aromatic nitrogens is 1. The zero-order valence-electron chi connectivity index (χ0n) is 14.0. The Morgan fingerprint density at radius 1 is 1.00 bits per heavy atom. The zero-order chi connectivity index (χ0) is 15.9. The Morgan fingerprint density at radius 3 is 2.48 bits per heavy atom. The van der Waals surface area contributed by atoms with Crippen LogP contribution in [0.5, 0.6) is 0 Å². The standard InChI is InChI=1S/C18H28N4O/c23-18(7-5-11-20-9-3-4-10-20)22-14-12-21(13-15-22)16-17-6-1-2-8-19-17/h1-2,6,8H,3-5,7,9-16H2. The van der Waals surface area contributed by atoms with Gasteiger partial charge < -0.3 is 9.80 Å². The summed E-state index contributed by atoms with van der Waals surface area (Å²) in [4.78, 5) is 23.6. The van der Waals surface area contributed by atoms with Crippen LogP contribution in [0.25, 0.3) is 0 Å². The largest absolute Gasteiger partial charge is 0.340 e. The van der Waals surface area contributed by atoms with Crippen molar-refractivity contribution in [3.63, 3.8) is 0 Å². The summed E-state index contributed by atoms with van der Waals surface area (Å²) >= 11 is 0. The first-order valence-corrected chi connectivity index (χ1v) is 8.94. The second-order valence-corrected chi connectivity index (χ2v) is 6.63. The molecule has 0 radical (unpaired) electrons. The van der Waals surface area contributed by atoms with Gasteiger partial charge in [-0.3, -0.25) is 14.7 Å². The van der Waals surface area contributed by atoms with Gasteiger partial charge in [-0.2, -0.15) is 0 Å². The maximum Gasteiger partial charge on any atom is 0.222 e. The first-order chi connectivity index (χ1) is 11.3. The highest BCUT2D eigenvalue weighted by molar-refractivity contribution is 5.76. The summed E-state index contributed by atoms with van der Waals surface area (Å²) in [6, 6.07) is 6.04. The van der Waals surface area contributed by atoms with Crippen LogP contribution in [0.15, 0.2) is 24.4 Å². The van der Waals surface area contributed by atoms with Crippen molar-refractivity contribution in [2.75, 3.05) is 45.8 Å². The predicted octanol–water partition coefficient (Wildman–Crippen LogP) is 1.60. The van der Waals surface area contributed by atoms with Crippen LogP contribution in [0, 0.1) is 0 Å². The van der Waals surface area contributed by atoms with Crippen molar-refractivity contribution in [1.29, 1.82) is 0 Å². The van der Waals surface area contributed by atoms with E-state index in [2.05, 4.69) is 20.9 Å². The van der Waals surface area contributed by atoms with Crippen LogP contribution >= 0.6 is 0 Å². The van der Waals surface area contributed by atoms with E-state index in [4.69, 9.17) is 0 Å². The molecule has 1 amide bonds. The maximum absolute atomic E-state index is 12.3. The lowest BCUT2D eigenvalue weighted by atomic mass is 10.2. The van der Waals surface area contributed by atoms with Crippen molar-refractivity contribution in [1.82, 2.24) is 19.7 Å². The van der Waals surface area contributed by atoms with E-state index in [1.165, 1.54) is 25.9 Å². The lowest BCUT2D eigenvalue weighted by molar-refractivity contribution is -0.133. The Balaban J connectivity index is 1.34. The molecule has 3 rings (SSSR count). The number of hydrogen-bond donors (Lipinski definition) is 0. The molecule has 1 aromatic rings. The molecule has 5 nitrogen and oxygen atoms in total. The van der Waals surface area contributed by atoms with E-state index in [0.29, 0.717) is 12.3 Å². The van der Waals surface area contributed by atoms with Gasteiger partial charge in [0.1, 0.15) is 0 Å². The van der Waals surface area contributed by atoms with Gasteiger partial charge in [-0.05, 0) is 51.0 Å². The van der Waals surface area contributed by atoms with Crippen LogP contribution in [-0.4, -0.2) is 71.4 Å². The van der Waals surface area contributed by atoms with Gasteiger partial charge in [0.15, 0.2) is 0 Å². The summed E-state index contributed by atoms with van der Waals surface area (Å²) in [6.45, 7) is 8.04. The molecular weight excluding hydrogens is 288 g/mol. The second kappa shape index (κ2) is 8.41. The molecule has 2 aliphatic heterocycles. The van der Waals surface area contributed by atoms with E-state index in [0.717, 1.165) is 51.4 Å². The molecule has 0 bridgehead atoms. The van der Waals surface area contributed by atoms with E-state index < -0.39 is 0 Å². The Kier molecular flexibility index (Phi) is 6.00. The fraction of sp³-hybridized carbons (Fsp3) is 0.667. The molecule has 23 heavy (non-hydrogen) atoms. The first kappa shape index (κ1) is 16.4. The average molecular weight is 316 g/mol. The van der Waals surface area contributed by atoms with Gasteiger partial charge in [-0.25, -0.2) is 0 Å². The minimum atomic E-state index is 0.335. The SMILES string of the molecule is O=C(CCCN1CCCC1)N1CCN(Cc2ccccn2)CC1. The number of carbonyl (C=O) groups excluding carboxylic acids is 1. The molecular formula is C18H28N4O. The van der Waals surface area contributed by atoms with Gasteiger partial charge in [0.05, 0.1) is 5.69 Å². The molecule has 2 saturated heterocycles. The lowest BCUT2D eigenvalue weighted by Gasteiger charge is -2.34. The van der Waals surface area contributed by atoms with Gasteiger partial charge in [0.2, 0.25) is 5.91 Å². The first-order valence-electron chi connectivity index (χ1n) is 8.94. The lowest BCUT2D eigenvalue weighted by Crippen LogP contribution is -2.48. The molecule has 3 heterocycles. The quantitative estimate of drug-likeness (QED) is 0.799. The molecule has 0 saturated carbocycles. The van der Waals surface area contributed by atoms with Gasteiger partial charge in [0, 0.05) is 45.3 Å². The van der Waals surface area contributed by atoms with Crippen LogP contribution in [-0.2, 0) is 11.3 Å². The second-order valence-electron chi connectivity index (χ2n) is 6.63. The number of carbonyl (C=O) groups is 1. The average Bonchev–Trinajstić information content (AvgIpc) is 3.10. The Bertz CT molecular complexity index is 479. The number of likely N-dealkylation sites (tertiary alicyclic amines) is 1. The summed E-state index contributed by atoms with van der Waals surface area (Å²) < 4.78 is 0. The molecule has 0 aliphatic carbocycles. The fourth-order valence-corrected chi connectivity index (χ4v) is 3.49. The van der Waals surface area contributed by atoms with E-state index in [1.54, 1.807) is 0 Å². The van der Waals surface area contributed by atoms with Crippen LogP contribution < -0.4 is 0 Å². The minimum Gasteiger partial charge on any atom is -0.340 e. The minimum absolute atomic E-state index is 0.335. The third-order valence-electron chi connectivity index (χ3n) is 4.90. The highest BCUT2D eigenvalue weighted by Gasteiger charge is 2.21. The number of nitrogens with zero attached hydrogens (tertiary/aromatic N) is 4. The highest BCUT2D eigenvalue weighted by Crippen LogP contribution is 2.11. The summed E-state index contributed by atoms with van der Waals surface area (Å²) in [5.74, 6) is 0.335. The predicted molar refractivity (Wildman–Crippen MR) is 91.0 cm³/mol. The van der Waals surface area contributed by atoms with Gasteiger partial charge in [-0.15, -0.1) is 0 Å². The molecule has 2 fully saturated rings. The number of piperazine rings is 1. The van der Waals surface area contributed by atoms with Crippen molar-refractivity contribution >= 4 is 5.91 Å². The van der Waals surface area contributed by atoms with Crippen LogP contribution in [0.3, 0.4) is 0 Å². The van der Waals surface area contributed by atoms with Crippen molar-refractivity contribution in [3.8, 4) is 0 Å². The maximum atomic E-state index is 12.3. The van der Waals surface area contributed by atoms with Crippen molar-refractivity contribution in [2.24, 2.45) is 0 Å². The van der Waals surface area contributed by atoms with E-state index in [-0.39, 0.29) is 0 Å². The number of rotatable bonds is 6. The van der Waals surface area contributed by atoms with Gasteiger partial charge in [0.25, 0.3) is 0 Å². The highest BCUT2D eigenvalue weighted by atomic mass is 16.2. The van der Waals surface area contributed by atoms with Gasteiger partial charge in [-0.1, -0.05) is 6.07 Å². The molecule has 2 aliphatic rings. The van der Waals surface area contributed by atoms with Crippen molar-refractivity contribution in [2.45, 2.75) is 32.2 Å². The number of hydrogen-bond acceptors (Lipinski definition) is 4. The molecule has 0 atom stereocenters. The molecule has 0 unspecified atom stereocenters. The molecule has 0 N–H and O–H groups in total. The van der Waals surface area contributed by atoms with Gasteiger partial charge >= 0.3 is 0 Å². The number of pyridine rings is 1. The Labute approximate surface area is 139 Å². The molecule has 0 spiro atoms. The topological polar surface area (TPSA) is 39.7 Å².